The summed E-state index contributed by atoms with van der Waals surface area (Å²) < 4.78 is 0. The van der Waals surface area contributed by atoms with Gasteiger partial charge in [-0.2, -0.15) is 0 Å². The Bertz CT molecular complexity index is 375. The topological polar surface area (TPSA) is 29.3 Å². The van der Waals surface area contributed by atoms with Gasteiger partial charge in [-0.3, -0.25) is 0 Å². The molecule has 1 fully saturated rings. The molecule has 0 amide bonds. The Labute approximate surface area is 105 Å². The highest BCUT2D eigenvalue weighted by Gasteiger charge is 2.29. The lowest BCUT2D eigenvalue weighted by atomic mass is 9.85. The largest absolute Gasteiger partial charge is 0.326 e. The Hall–Kier alpha value is -0.860. The third kappa shape index (κ3) is 2.70. The smallest absolute Gasteiger partial charge is 0.0249 e. The van der Waals surface area contributed by atoms with Crippen LogP contribution >= 0.6 is 0 Å². The second kappa shape index (κ2) is 4.43. The van der Waals surface area contributed by atoms with Crippen molar-refractivity contribution in [2.45, 2.75) is 38.1 Å². The molecule has 2 unspecified atom stereocenters. The first-order valence-electron chi connectivity index (χ1n) is 6.42. The van der Waals surface area contributed by atoms with Crippen molar-refractivity contribution in [1.82, 2.24) is 4.90 Å². The molecule has 0 bridgehead atoms. The zero-order valence-electron chi connectivity index (χ0n) is 11.4. The van der Waals surface area contributed by atoms with Crippen LogP contribution in [0.5, 0.6) is 0 Å². The Morgan fingerprint density at radius 2 is 1.71 bits per heavy atom. The van der Waals surface area contributed by atoms with Crippen LogP contribution < -0.4 is 5.73 Å². The van der Waals surface area contributed by atoms with E-state index < -0.39 is 0 Å². The van der Waals surface area contributed by atoms with Crippen LogP contribution in [-0.4, -0.2) is 31.1 Å². The fraction of sp³-hybridized carbons (Fsp3) is 0.600. The van der Waals surface area contributed by atoms with Crippen LogP contribution in [0, 0.1) is 0 Å². The summed E-state index contributed by atoms with van der Waals surface area (Å²) in [5.74, 6) is 0.494. The molecule has 1 saturated heterocycles. The average Bonchev–Trinajstić information content (AvgIpc) is 2.57. The first kappa shape index (κ1) is 12.6. The highest BCUT2D eigenvalue weighted by atomic mass is 15.1. The van der Waals surface area contributed by atoms with Gasteiger partial charge >= 0.3 is 0 Å². The molecule has 2 rings (SSSR count). The second-order valence-corrected chi connectivity index (χ2v) is 6.36. The molecule has 1 aliphatic heterocycles. The maximum atomic E-state index is 6.18. The normalized spacial score (nSPS) is 26.4. The summed E-state index contributed by atoms with van der Waals surface area (Å²) in [6, 6.07) is 9.29. The van der Waals surface area contributed by atoms with Gasteiger partial charge in [-0.05, 0) is 23.6 Å². The predicted molar refractivity (Wildman–Crippen MR) is 73.4 cm³/mol. The minimum absolute atomic E-state index is 0.229. The Kier molecular flexibility index (Phi) is 3.28. The average molecular weight is 232 g/mol. The molecule has 0 radical (unpaired) electrons. The number of hydrogen-bond donors (Lipinski definition) is 1. The van der Waals surface area contributed by atoms with Gasteiger partial charge in [0.1, 0.15) is 0 Å². The molecule has 94 valence electrons. The third-order valence-electron chi connectivity index (χ3n) is 3.75. The van der Waals surface area contributed by atoms with Gasteiger partial charge in [0, 0.05) is 25.0 Å². The first-order chi connectivity index (χ1) is 7.88. The molecule has 0 spiro atoms. The van der Waals surface area contributed by atoms with Crippen molar-refractivity contribution in [3.8, 4) is 0 Å². The van der Waals surface area contributed by atoms with Gasteiger partial charge in [0.25, 0.3) is 0 Å². The molecular weight excluding hydrogens is 208 g/mol. The van der Waals surface area contributed by atoms with Gasteiger partial charge in [0.15, 0.2) is 0 Å². The molecule has 1 aromatic carbocycles. The second-order valence-electron chi connectivity index (χ2n) is 6.36. The van der Waals surface area contributed by atoms with E-state index in [2.05, 4.69) is 57.0 Å². The molecule has 0 aromatic heterocycles. The van der Waals surface area contributed by atoms with Crippen LogP contribution in [0.4, 0.5) is 0 Å². The number of likely N-dealkylation sites (N-methyl/N-ethyl adjacent to an activating group) is 1. The lowest BCUT2D eigenvalue weighted by Gasteiger charge is -2.21. The van der Waals surface area contributed by atoms with Gasteiger partial charge < -0.3 is 10.6 Å². The van der Waals surface area contributed by atoms with Gasteiger partial charge in [-0.15, -0.1) is 0 Å². The number of nitrogens with zero attached hydrogens (tertiary/aromatic N) is 1. The van der Waals surface area contributed by atoms with Crippen molar-refractivity contribution in [3.05, 3.63) is 35.4 Å². The van der Waals surface area contributed by atoms with Gasteiger partial charge in [-0.1, -0.05) is 45.0 Å². The third-order valence-corrected chi connectivity index (χ3v) is 3.75. The SMILES string of the molecule is CN1CC(N)C(c2ccc(C(C)(C)C)cc2)C1. The summed E-state index contributed by atoms with van der Waals surface area (Å²) >= 11 is 0. The van der Waals surface area contributed by atoms with Crippen LogP contribution in [0.3, 0.4) is 0 Å². The fourth-order valence-electron chi connectivity index (χ4n) is 2.62. The maximum absolute atomic E-state index is 6.18. The molecular formula is C15H24N2. The van der Waals surface area contributed by atoms with Gasteiger partial charge in [-0.25, -0.2) is 0 Å². The van der Waals surface area contributed by atoms with Crippen LogP contribution in [0.15, 0.2) is 24.3 Å². The molecule has 2 atom stereocenters. The quantitative estimate of drug-likeness (QED) is 0.805. The minimum Gasteiger partial charge on any atom is -0.326 e. The van der Waals surface area contributed by atoms with Crippen LogP contribution in [-0.2, 0) is 5.41 Å². The van der Waals surface area contributed by atoms with Crippen molar-refractivity contribution in [1.29, 1.82) is 0 Å². The monoisotopic (exact) mass is 232 g/mol. The van der Waals surface area contributed by atoms with E-state index >= 15 is 0 Å². The van der Waals surface area contributed by atoms with Crippen LogP contribution in [0.1, 0.15) is 37.8 Å². The summed E-state index contributed by atoms with van der Waals surface area (Å²) in [4.78, 5) is 2.31. The van der Waals surface area contributed by atoms with E-state index in [-0.39, 0.29) is 11.5 Å². The van der Waals surface area contributed by atoms with Crippen molar-refractivity contribution >= 4 is 0 Å². The molecule has 2 nitrogen and oxygen atoms in total. The van der Waals surface area contributed by atoms with E-state index in [1.54, 1.807) is 0 Å². The van der Waals surface area contributed by atoms with E-state index in [4.69, 9.17) is 5.73 Å². The number of benzene rings is 1. The molecule has 0 aliphatic carbocycles. The summed E-state index contributed by atoms with van der Waals surface area (Å²) in [5.41, 5.74) is 9.19. The van der Waals surface area contributed by atoms with E-state index in [1.807, 2.05) is 0 Å². The van der Waals surface area contributed by atoms with Gasteiger partial charge in [0.05, 0.1) is 0 Å². The maximum Gasteiger partial charge on any atom is 0.0249 e. The lowest BCUT2D eigenvalue weighted by Crippen LogP contribution is -2.27. The number of hydrogen-bond acceptors (Lipinski definition) is 2. The Balaban J connectivity index is 2.19. The summed E-state index contributed by atoms with van der Waals surface area (Å²) in [5, 5.41) is 0. The van der Waals surface area contributed by atoms with Gasteiger partial charge in [0.2, 0.25) is 0 Å². The van der Waals surface area contributed by atoms with Crippen molar-refractivity contribution < 1.29 is 0 Å². The lowest BCUT2D eigenvalue weighted by molar-refractivity contribution is 0.407. The molecule has 17 heavy (non-hydrogen) atoms. The van der Waals surface area contributed by atoms with Crippen LogP contribution in [0.2, 0.25) is 0 Å². The molecule has 1 aliphatic rings. The summed E-state index contributed by atoms with van der Waals surface area (Å²) in [7, 11) is 2.14. The zero-order chi connectivity index (χ0) is 12.6. The molecule has 1 heterocycles. The summed E-state index contributed by atoms with van der Waals surface area (Å²) in [6.45, 7) is 8.83. The highest BCUT2D eigenvalue weighted by Crippen LogP contribution is 2.28. The molecule has 2 heteroatoms. The number of nitrogens with two attached hydrogens (primary N) is 1. The minimum atomic E-state index is 0.229. The Morgan fingerprint density at radius 1 is 1.12 bits per heavy atom. The van der Waals surface area contributed by atoms with Crippen molar-refractivity contribution in [2.75, 3.05) is 20.1 Å². The van der Waals surface area contributed by atoms with E-state index in [9.17, 15) is 0 Å². The van der Waals surface area contributed by atoms with E-state index in [1.165, 1.54) is 11.1 Å². The molecule has 0 saturated carbocycles. The standard InChI is InChI=1S/C15H24N2/c1-15(2,3)12-7-5-11(6-8-12)13-9-17(4)10-14(13)16/h5-8,13-14H,9-10,16H2,1-4H3. The molecule has 2 N–H and O–H groups in total. The number of likely N-dealkylation sites (tertiary alicyclic amines) is 1. The van der Waals surface area contributed by atoms with Crippen molar-refractivity contribution in [3.63, 3.8) is 0 Å². The number of rotatable bonds is 1. The fourth-order valence-corrected chi connectivity index (χ4v) is 2.62. The molecule has 1 aromatic rings. The zero-order valence-corrected chi connectivity index (χ0v) is 11.4. The van der Waals surface area contributed by atoms with E-state index in [0.29, 0.717) is 5.92 Å². The van der Waals surface area contributed by atoms with Crippen molar-refractivity contribution in [2.24, 2.45) is 5.73 Å². The van der Waals surface area contributed by atoms with Crippen LogP contribution in [0.25, 0.3) is 0 Å². The van der Waals surface area contributed by atoms with E-state index in [0.717, 1.165) is 13.1 Å². The predicted octanol–water partition coefficient (Wildman–Crippen LogP) is 2.34. The first-order valence-corrected chi connectivity index (χ1v) is 6.42. The summed E-state index contributed by atoms with van der Waals surface area (Å²) in [6.07, 6.45) is 0. The highest BCUT2D eigenvalue weighted by molar-refractivity contribution is 5.31. The Morgan fingerprint density at radius 3 is 2.12 bits per heavy atom.